The Bertz CT molecular complexity index is 657. The van der Waals surface area contributed by atoms with Gasteiger partial charge < -0.3 is 19.0 Å². The molecule has 0 radical (unpaired) electrons. The molecule has 1 aliphatic heterocycles. The Labute approximate surface area is 134 Å². The highest BCUT2D eigenvalue weighted by atomic mass is 16.5. The summed E-state index contributed by atoms with van der Waals surface area (Å²) in [6.45, 7) is 1.60. The predicted molar refractivity (Wildman–Crippen MR) is 84.0 cm³/mol. The molecule has 1 saturated heterocycles. The minimum atomic E-state index is -0.223. The highest BCUT2D eigenvalue weighted by Crippen LogP contribution is 2.22. The van der Waals surface area contributed by atoms with E-state index in [1.165, 1.54) is 0 Å². The van der Waals surface area contributed by atoms with Crippen LogP contribution in [0.15, 0.2) is 35.3 Å². The third-order valence-corrected chi connectivity index (χ3v) is 3.75. The zero-order valence-corrected chi connectivity index (χ0v) is 13.3. The quantitative estimate of drug-likeness (QED) is 0.846. The molecule has 2 aromatic rings. The van der Waals surface area contributed by atoms with E-state index in [0.29, 0.717) is 32.1 Å². The standard InChI is InChI=1S/C16H20N4O3/c1-19(2)16-17-5-3-13(18-16)14-10-20(6-8-23-14)15(21)9-12-4-7-22-11-12/h3-5,7,11,14H,6,8-10H2,1-2H3/t14-/m0/s1. The Hall–Kier alpha value is -2.41. The lowest BCUT2D eigenvalue weighted by Crippen LogP contribution is -2.43. The Morgan fingerprint density at radius 3 is 3.04 bits per heavy atom. The van der Waals surface area contributed by atoms with Crippen LogP contribution in [0.25, 0.3) is 0 Å². The smallest absolute Gasteiger partial charge is 0.227 e. The monoisotopic (exact) mass is 316 g/mol. The lowest BCUT2D eigenvalue weighted by atomic mass is 10.1. The van der Waals surface area contributed by atoms with E-state index in [1.807, 2.05) is 36.0 Å². The van der Waals surface area contributed by atoms with Crippen LogP contribution in [0.1, 0.15) is 17.4 Å². The summed E-state index contributed by atoms with van der Waals surface area (Å²) in [6, 6.07) is 3.64. The highest BCUT2D eigenvalue weighted by molar-refractivity contribution is 5.78. The molecular weight excluding hydrogens is 296 g/mol. The Morgan fingerprint density at radius 2 is 2.30 bits per heavy atom. The largest absolute Gasteiger partial charge is 0.472 e. The minimum absolute atomic E-state index is 0.0709. The zero-order chi connectivity index (χ0) is 16.2. The van der Waals surface area contributed by atoms with Gasteiger partial charge in [-0.25, -0.2) is 9.97 Å². The molecule has 0 bridgehead atoms. The molecule has 23 heavy (non-hydrogen) atoms. The van der Waals surface area contributed by atoms with E-state index in [1.54, 1.807) is 18.7 Å². The van der Waals surface area contributed by atoms with Crippen molar-refractivity contribution >= 4 is 11.9 Å². The number of anilines is 1. The van der Waals surface area contributed by atoms with Crippen LogP contribution in [-0.4, -0.2) is 54.6 Å². The topological polar surface area (TPSA) is 71.7 Å². The third-order valence-electron chi connectivity index (χ3n) is 3.75. The van der Waals surface area contributed by atoms with E-state index in [-0.39, 0.29) is 12.0 Å². The van der Waals surface area contributed by atoms with Crippen LogP contribution < -0.4 is 4.90 Å². The van der Waals surface area contributed by atoms with Crippen molar-refractivity contribution in [2.24, 2.45) is 0 Å². The van der Waals surface area contributed by atoms with Gasteiger partial charge in [-0.15, -0.1) is 0 Å². The molecule has 7 heteroatoms. The fourth-order valence-electron chi connectivity index (χ4n) is 2.49. The molecule has 1 amide bonds. The first-order valence-electron chi connectivity index (χ1n) is 7.54. The molecule has 1 aliphatic rings. The second kappa shape index (κ2) is 6.78. The molecule has 0 unspecified atom stereocenters. The van der Waals surface area contributed by atoms with E-state index in [9.17, 15) is 4.79 Å². The molecule has 2 aromatic heterocycles. The summed E-state index contributed by atoms with van der Waals surface area (Å²) in [5.74, 6) is 0.703. The first kappa shape index (κ1) is 15.5. The van der Waals surface area contributed by atoms with Crippen molar-refractivity contribution in [1.82, 2.24) is 14.9 Å². The van der Waals surface area contributed by atoms with Gasteiger partial charge in [-0.05, 0) is 17.7 Å². The number of amides is 1. The fraction of sp³-hybridized carbons (Fsp3) is 0.438. The summed E-state index contributed by atoms with van der Waals surface area (Å²) in [5, 5.41) is 0. The van der Waals surface area contributed by atoms with E-state index < -0.39 is 0 Å². The van der Waals surface area contributed by atoms with Crippen LogP contribution >= 0.6 is 0 Å². The first-order chi connectivity index (χ1) is 11.1. The predicted octanol–water partition coefficient (Wildman–Crippen LogP) is 1.28. The lowest BCUT2D eigenvalue weighted by Gasteiger charge is -2.32. The molecule has 0 aromatic carbocycles. The SMILES string of the molecule is CN(C)c1nccc([C@@H]2CN(C(=O)Cc3ccoc3)CCO2)n1. The number of ether oxygens (including phenoxy) is 1. The number of hydrogen-bond acceptors (Lipinski definition) is 6. The van der Waals surface area contributed by atoms with Crippen molar-refractivity contribution in [3.63, 3.8) is 0 Å². The number of carbonyl (C=O) groups excluding carboxylic acids is 1. The van der Waals surface area contributed by atoms with Gasteiger partial charge in [-0.3, -0.25) is 4.79 Å². The average molecular weight is 316 g/mol. The number of nitrogens with zero attached hydrogens (tertiary/aromatic N) is 4. The van der Waals surface area contributed by atoms with E-state index in [4.69, 9.17) is 9.15 Å². The molecule has 0 spiro atoms. The number of furan rings is 1. The summed E-state index contributed by atoms with van der Waals surface area (Å²) < 4.78 is 10.8. The summed E-state index contributed by atoms with van der Waals surface area (Å²) >= 11 is 0. The van der Waals surface area contributed by atoms with Gasteiger partial charge in [-0.1, -0.05) is 0 Å². The molecule has 0 aliphatic carbocycles. The van der Waals surface area contributed by atoms with Crippen LogP contribution in [0.2, 0.25) is 0 Å². The van der Waals surface area contributed by atoms with Crippen LogP contribution in [0.4, 0.5) is 5.95 Å². The average Bonchev–Trinajstić information content (AvgIpc) is 3.08. The lowest BCUT2D eigenvalue weighted by molar-refractivity contribution is -0.138. The van der Waals surface area contributed by atoms with Gasteiger partial charge in [0, 0.05) is 26.8 Å². The van der Waals surface area contributed by atoms with E-state index in [2.05, 4.69) is 9.97 Å². The van der Waals surface area contributed by atoms with Crippen LogP contribution in [0.5, 0.6) is 0 Å². The van der Waals surface area contributed by atoms with E-state index >= 15 is 0 Å². The van der Waals surface area contributed by atoms with Crippen LogP contribution in [0.3, 0.4) is 0 Å². The van der Waals surface area contributed by atoms with Crippen molar-refractivity contribution in [1.29, 1.82) is 0 Å². The number of hydrogen-bond donors (Lipinski definition) is 0. The molecule has 0 N–H and O–H groups in total. The number of carbonyl (C=O) groups is 1. The van der Waals surface area contributed by atoms with Gasteiger partial charge in [0.1, 0.15) is 6.10 Å². The van der Waals surface area contributed by atoms with Gasteiger partial charge in [0.25, 0.3) is 0 Å². The van der Waals surface area contributed by atoms with E-state index in [0.717, 1.165) is 11.3 Å². The Balaban J connectivity index is 1.68. The first-order valence-corrected chi connectivity index (χ1v) is 7.54. The maximum atomic E-state index is 12.4. The second-order valence-electron chi connectivity index (χ2n) is 5.68. The maximum absolute atomic E-state index is 12.4. The number of morpholine rings is 1. The van der Waals surface area contributed by atoms with Gasteiger partial charge in [0.15, 0.2) is 0 Å². The highest BCUT2D eigenvalue weighted by Gasteiger charge is 2.26. The summed E-state index contributed by atoms with van der Waals surface area (Å²) in [5.41, 5.74) is 1.68. The Kier molecular flexibility index (Phi) is 4.57. The minimum Gasteiger partial charge on any atom is -0.472 e. The fourth-order valence-corrected chi connectivity index (χ4v) is 2.49. The van der Waals surface area contributed by atoms with Gasteiger partial charge in [-0.2, -0.15) is 0 Å². The summed E-state index contributed by atoms with van der Waals surface area (Å²) in [6.07, 6.45) is 5.01. The van der Waals surface area contributed by atoms with Crippen molar-refractivity contribution in [3.8, 4) is 0 Å². The number of rotatable bonds is 4. The summed E-state index contributed by atoms with van der Waals surface area (Å²) in [7, 11) is 3.78. The molecular formula is C16H20N4O3. The molecule has 0 saturated carbocycles. The van der Waals surface area contributed by atoms with Crippen molar-refractivity contribution in [2.45, 2.75) is 12.5 Å². The molecule has 122 valence electrons. The third kappa shape index (κ3) is 3.68. The van der Waals surface area contributed by atoms with Gasteiger partial charge >= 0.3 is 0 Å². The maximum Gasteiger partial charge on any atom is 0.227 e. The summed E-state index contributed by atoms with van der Waals surface area (Å²) in [4.78, 5) is 24.8. The molecule has 1 fully saturated rings. The van der Waals surface area contributed by atoms with Crippen LogP contribution in [-0.2, 0) is 16.0 Å². The van der Waals surface area contributed by atoms with Crippen LogP contribution in [0, 0.1) is 0 Å². The van der Waals surface area contributed by atoms with Crippen molar-refractivity contribution in [3.05, 3.63) is 42.1 Å². The van der Waals surface area contributed by atoms with Gasteiger partial charge in [0.05, 0.1) is 37.8 Å². The Morgan fingerprint density at radius 1 is 1.43 bits per heavy atom. The van der Waals surface area contributed by atoms with Crippen molar-refractivity contribution in [2.75, 3.05) is 38.7 Å². The molecule has 3 heterocycles. The van der Waals surface area contributed by atoms with Crippen molar-refractivity contribution < 1.29 is 13.9 Å². The van der Waals surface area contributed by atoms with Gasteiger partial charge in [0.2, 0.25) is 11.9 Å². The number of aromatic nitrogens is 2. The molecule has 1 atom stereocenters. The second-order valence-corrected chi connectivity index (χ2v) is 5.68. The zero-order valence-electron chi connectivity index (χ0n) is 13.3. The normalized spacial score (nSPS) is 18.0. The molecule has 7 nitrogen and oxygen atoms in total. The molecule has 3 rings (SSSR count).